The van der Waals surface area contributed by atoms with E-state index in [1.807, 2.05) is 0 Å². The minimum atomic E-state index is -0.912. The summed E-state index contributed by atoms with van der Waals surface area (Å²) in [6.07, 6.45) is 3.56. The highest BCUT2D eigenvalue weighted by Gasteiger charge is 2.34. The predicted octanol–water partition coefficient (Wildman–Crippen LogP) is 1.59. The fourth-order valence-corrected chi connectivity index (χ4v) is 3.84. The molecular formula is C12H20N2O3S. The van der Waals surface area contributed by atoms with Gasteiger partial charge in [0.2, 0.25) is 0 Å². The Morgan fingerprint density at radius 3 is 2.83 bits per heavy atom. The Morgan fingerprint density at radius 2 is 2.22 bits per heavy atom. The Kier molecular flexibility index (Phi) is 4.37. The molecule has 0 radical (unpaired) electrons. The number of rotatable bonds is 3. The van der Waals surface area contributed by atoms with Crippen molar-refractivity contribution in [2.75, 3.05) is 18.2 Å². The largest absolute Gasteiger partial charge is 0.480 e. The van der Waals surface area contributed by atoms with Crippen molar-refractivity contribution in [1.82, 2.24) is 10.2 Å². The zero-order valence-electron chi connectivity index (χ0n) is 10.6. The number of thioether (sulfide) groups is 1. The molecule has 2 aliphatic rings. The van der Waals surface area contributed by atoms with Crippen molar-refractivity contribution in [2.45, 2.75) is 32.2 Å². The summed E-state index contributed by atoms with van der Waals surface area (Å²) >= 11 is 1.49. The van der Waals surface area contributed by atoms with Gasteiger partial charge in [-0.25, -0.2) is 9.59 Å². The standard InChI is InChI=1S/C12H20N2O3S/c1-8-2-3-9(4-8)5-13-12(17)14-7-18-6-10(14)11(15)16/h8-10H,2-7H2,1H3,(H,13,17)(H,15,16). The summed E-state index contributed by atoms with van der Waals surface area (Å²) in [5.74, 6) is 1.36. The van der Waals surface area contributed by atoms with Gasteiger partial charge in [-0.3, -0.25) is 0 Å². The maximum atomic E-state index is 11.9. The number of carbonyl (C=O) groups is 2. The number of carboxylic acid groups (broad SMARTS) is 1. The Labute approximate surface area is 111 Å². The zero-order chi connectivity index (χ0) is 13.1. The van der Waals surface area contributed by atoms with E-state index in [0.717, 1.165) is 12.3 Å². The Hall–Kier alpha value is -0.910. The van der Waals surface area contributed by atoms with Gasteiger partial charge in [-0.2, -0.15) is 0 Å². The molecule has 0 spiro atoms. The van der Waals surface area contributed by atoms with Gasteiger partial charge in [0.1, 0.15) is 6.04 Å². The number of nitrogens with zero attached hydrogens (tertiary/aromatic N) is 1. The van der Waals surface area contributed by atoms with Crippen LogP contribution in [0.5, 0.6) is 0 Å². The lowest BCUT2D eigenvalue weighted by atomic mass is 10.1. The molecule has 0 aromatic carbocycles. The molecule has 5 nitrogen and oxygen atoms in total. The first-order valence-corrected chi connectivity index (χ1v) is 7.58. The summed E-state index contributed by atoms with van der Waals surface area (Å²) in [6.45, 7) is 2.91. The minimum Gasteiger partial charge on any atom is -0.480 e. The van der Waals surface area contributed by atoms with Gasteiger partial charge in [0.15, 0.2) is 0 Å². The normalized spacial score (nSPS) is 31.6. The van der Waals surface area contributed by atoms with E-state index in [0.29, 0.717) is 24.1 Å². The Balaban J connectivity index is 1.79. The third kappa shape index (κ3) is 3.10. The average Bonchev–Trinajstić information content (AvgIpc) is 2.94. The molecule has 2 amide bonds. The van der Waals surface area contributed by atoms with Gasteiger partial charge in [0, 0.05) is 12.3 Å². The number of nitrogens with one attached hydrogen (secondary N) is 1. The summed E-state index contributed by atoms with van der Waals surface area (Å²) < 4.78 is 0. The summed E-state index contributed by atoms with van der Waals surface area (Å²) in [7, 11) is 0. The molecule has 1 saturated carbocycles. The summed E-state index contributed by atoms with van der Waals surface area (Å²) in [5.41, 5.74) is 0. The second kappa shape index (κ2) is 5.82. The molecule has 0 aromatic rings. The number of carboxylic acids is 1. The van der Waals surface area contributed by atoms with Crippen LogP contribution in [0.25, 0.3) is 0 Å². The number of hydrogen-bond acceptors (Lipinski definition) is 3. The average molecular weight is 272 g/mol. The lowest BCUT2D eigenvalue weighted by molar-refractivity contribution is -0.140. The molecule has 2 rings (SSSR count). The van der Waals surface area contributed by atoms with E-state index in [9.17, 15) is 9.59 Å². The first-order valence-electron chi connectivity index (χ1n) is 6.43. The van der Waals surface area contributed by atoms with Crippen molar-refractivity contribution >= 4 is 23.8 Å². The molecular weight excluding hydrogens is 252 g/mol. The topological polar surface area (TPSA) is 69.6 Å². The summed E-state index contributed by atoms with van der Waals surface area (Å²) in [6, 6.07) is -0.899. The molecule has 1 heterocycles. The van der Waals surface area contributed by atoms with E-state index in [-0.39, 0.29) is 6.03 Å². The van der Waals surface area contributed by atoms with Crippen molar-refractivity contribution in [3.8, 4) is 0 Å². The van der Waals surface area contributed by atoms with Gasteiger partial charge in [-0.15, -0.1) is 11.8 Å². The highest BCUT2D eigenvalue weighted by atomic mass is 32.2. The quantitative estimate of drug-likeness (QED) is 0.818. The van der Waals surface area contributed by atoms with Gasteiger partial charge < -0.3 is 15.3 Å². The molecule has 0 aromatic heterocycles. The van der Waals surface area contributed by atoms with Crippen LogP contribution >= 0.6 is 11.8 Å². The van der Waals surface area contributed by atoms with Gasteiger partial charge in [0.25, 0.3) is 0 Å². The van der Waals surface area contributed by atoms with Crippen molar-refractivity contribution in [3.63, 3.8) is 0 Å². The molecule has 6 heteroatoms. The van der Waals surface area contributed by atoms with Crippen LogP contribution in [0.4, 0.5) is 4.79 Å². The van der Waals surface area contributed by atoms with E-state index in [1.54, 1.807) is 0 Å². The number of carbonyl (C=O) groups excluding carboxylic acids is 1. The summed E-state index contributed by atoms with van der Waals surface area (Å²) in [4.78, 5) is 24.3. The van der Waals surface area contributed by atoms with E-state index in [2.05, 4.69) is 12.2 Å². The van der Waals surface area contributed by atoms with Crippen LogP contribution in [-0.2, 0) is 4.79 Å². The molecule has 0 bridgehead atoms. The van der Waals surface area contributed by atoms with Gasteiger partial charge >= 0.3 is 12.0 Å². The van der Waals surface area contributed by atoms with Crippen LogP contribution in [0.2, 0.25) is 0 Å². The monoisotopic (exact) mass is 272 g/mol. The van der Waals surface area contributed by atoms with Gasteiger partial charge in [-0.05, 0) is 24.7 Å². The molecule has 1 saturated heterocycles. The van der Waals surface area contributed by atoms with E-state index >= 15 is 0 Å². The Morgan fingerprint density at radius 1 is 1.44 bits per heavy atom. The van der Waals surface area contributed by atoms with Gasteiger partial charge in [0.05, 0.1) is 5.88 Å². The maximum Gasteiger partial charge on any atom is 0.327 e. The van der Waals surface area contributed by atoms with Crippen LogP contribution in [0, 0.1) is 11.8 Å². The van der Waals surface area contributed by atoms with E-state index < -0.39 is 12.0 Å². The third-order valence-corrected chi connectivity index (χ3v) is 4.79. The third-order valence-electron chi connectivity index (χ3n) is 3.77. The molecule has 2 N–H and O–H groups in total. The SMILES string of the molecule is CC1CCC(CNC(=O)N2CSCC2C(=O)O)C1. The number of amides is 2. The van der Waals surface area contributed by atoms with Crippen molar-refractivity contribution in [1.29, 1.82) is 0 Å². The van der Waals surface area contributed by atoms with Crippen molar-refractivity contribution in [2.24, 2.45) is 11.8 Å². The zero-order valence-corrected chi connectivity index (χ0v) is 11.4. The maximum absolute atomic E-state index is 11.9. The Bertz CT molecular complexity index is 337. The molecule has 3 atom stereocenters. The lowest BCUT2D eigenvalue weighted by Crippen LogP contribution is -2.47. The van der Waals surface area contributed by atoms with Crippen LogP contribution in [0.1, 0.15) is 26.2 Å². The fourth-order valence-electron chi connectivity index (χ4n) is 2.69. The number of hydrogen-bond donors (Lipinski definition) is 2. The van der Waals surface area contributed by atoms with Crippen molar-refractivity contribution < 1.29 is 14.7 Å². The smallest absolute Gasteiger partial charge is 0.327 e. The van der Waals surface area contributed by atoms with Crippen molar-refractivity contribution in [3.05, 3.63) is 0 Å². The molecule has 1 aliphatic carbocycles. The highest BCUT2D eigenvalue weighted by molar-refractivity contribution is 7.99. The lowest BCUT2D eigenvalue weighted by Gasteiger charge is -2.22. The minimum absolute atomic E-state index is 0.230. The van der Waals surface area contributed by atoms with Crippen LogP contribution in [-0.4, -0.2) is 46.2 Å². The second-order valence-corrected chi connectivity index (χ2v) is 6.29. The van der Waals surface area contributed by atoms with Crippen LogP contribution in [0.3, 0.4) is 0 Å². The van der Waals surface area contributed by atoms with E-state index in [1.165, 1.54) is 29.5 Å². The molecule has 2 fully saturated rings. The van der Waals surface area contributed by atoms with E-state index in [4.69, 9.17) is 5.11 Å². The van der Waals surface area contributed by atoms with Crippen LogP contribution < -0.4 is 5.32 Å². The fraction of sp³-hybridized carbons (Fsp3) is 0.833. The summed E-state index contributed by atoms with van der Waals surface area (Å²) in [5, 5.41) is 11.9. The first-order chi connectivity index (χ1) is 8.58. The first kappa shape index (κ1) is 13.5. The predicted molar refractivity (Wildman–Crippen MR) is 70.5 cm³/mol. The number of aliphatic carboxylic acids is 1. The van der Waals surface area contributed by atoms with Crippen LogP contribution in [0.15, 0.2) is 0 Å². The molecule has 102 valence electrons. The second-order valence-electron chi connectivity index (χ2n) is 5.29. The molecule has 18 heavy (non-hydrogen) atoms. The molecule has 1 aliphatic heterocycles. The van der Waals surface area contributed by atoms with Gasteiger partial charge in [-0.1, -0.05) is 13.3 Å². The number of urea groups is 1. The highest BCUT2D eigenvalue weighted by Crippen LogP contribution is 2.29. The molecule has 3 unspecified atom stereocenters.